The fourth-order valence-electron chi connectivity index (χ4n) is 1.58. The van der Waals surface area contributed by atoms with E-state index < -0.39 is 0 Å². The van der Waals surface area contributed by atoms with Crippen molar-refractivity contribution in [3.8, 4) is 23.5 Å². The Morgan fingerprint density at radius 3 is 2.60 bits per heavy atom. The highest BCUT2D eigenvalue weighted by Gasteiger charge is 2.11. The lowest BCUT2D eigenvalue weighted by Crippen LogP contribution is -1.99. The van der Waals surface area contributed by atoms with Crippen LogP contribution in [0.15, 0.2) is 36.4 Å². The Labute approximate surface area is 125 Å². The van der Waals surface area contributed by atoms with Gasteiger partial charge in [-0.15, -0.1) is 5.26 Å². The van der Waals surface area contributed by atoms with Gasteiger partial charge in [0.15, 0.2) is 0 Å². The van der Waals surface area contributed by atoms with E-state index in [1.807, 2.05) is 0 Å². The number of nitrogens with zero attached hydrogens (tertiary/aromatic N) is 1. The minimum Gasteiger partial charge on any atom is -0.508 e. The van der Waals surface area contributed by atoms with Crippen LogP contribution < -0.4 is 9.47 Å². The van der Waals surface area contributed by atoms with Gasteiger partial charge in [0.1, 0.15) is 23.9 Å². The van der Waals surface area contributed by atoms with Crippen molar-refractivity contribution in [3.05, 3.63) is 52.0 Å². The minimum absolute atomic E-state index is 0.0496. The van der Waals surface area contributed by atoms with Gasteiger partial charge in [-0.05, 0) is 24.3 Å². The van der Waals surface area contributed by atoms with Gasteiger partial charge in [-0.1, -0.05) is 29.3 Å². The summed E-state index contributed by atoms with van der Waals surface area (Å²) in [7, 11) is 0. The summed E-state index contributed by atoms with van der Waals surface area (Å²) in [6.07, 6.45) is 1.60. The molecule has 0 bridgehead atoms. The molecule has 0 amide bonds. The molecule has 0 aliphatic carbocycles. The predicted molar refractivity (Wildman–Crippen MR) is 75.1 cm³/mol. The molecule has 6 heteroatoms. The molecule has 0 unspecified atom stereocenters. The van der Waals surface area contributed by atoms with Crippen LogP contribution in [0.2, 0.25) is 10.0 Å². The van der Waals surface area contributed by atoms with Crippen LogP contribution in [0.1, 0.15) is 5.56 Å². The second-order valence-corrected chi connectivity index (χ2v) is 4.63. The molecule has 0 fully saturated rings. The van der Waals surface area contributed by atoms with Crippen LogP contribution in [-0.4, -0.2) is 5.11 Å². The Bertz CT molecular complexity index is 668. The lowest BCUT2D eigenvalue weighted by Gasteiger charge is -2.11. The Kier molecular flexibility index (Phi) is 4.57. The van der Waals surface area contributed by atoms with Gasteiger partial charge in [-0.2, -0.15) is 0 Å². The van der Waals surface area contributed by atoms with Crippen molar-refractivity contribution in [1.29, 1.82) is 5.26 Å². The average Bonchev–Trinajstić information content (AvgIpc) is 2.40. The first-order valence-corrected chi connectivity index (χ1v) is 6.32. The summed E-state index contributed by atoms with van der Waals surface area (Å²) in [5.41, 5.74) is 0.542. The largest absolute Gasteiger partial charge is 0.508 e. The third-order valence-electron chi connectivity index (χ3n) is 2.52. The van der Waals surface area contributed by atoms with Crippen LogP contribution in [-0.2, 0) is 6.61 Å². The van der Waals surface area contributed by atoms with E-state index in [1.54, 1.807) is 30.5 Å². The van der Waals surface area contributed by atoms with E-state index in [1.165, 1.54) is 12.1 Å². The number of hydrogen-bond donors (Lipinski definition) is 1. The quantitative estimate of drug-likeness (QED) is 0.862. The zero-order valence-corrected chi connectivity index (χ0v) is 11.6. The average molecular weight is 310 g/mol. The van der Waals surface area contributed by atoms with Gasteiger partial charge in [0, 0.05) is 6.07 Å². The van der Waals surface area contributed by atoms with Crippen molar-refractivity contribution >= 4 is 23.2 Å². The number of aromatic hydroxyl groups is 1. The first-order chi connectivity index (χ1) is 9.61. The van der Waals surface area contributed by atoms with Gasteiger partial charge in [-0.3, -0.25) is 0 Å². The zero-order chi connectivity index (χ0) is 14.5. The van der Waals surface area contributed by atoms with E-state index >= 15 is 0 Å². The van der Waals surface area contributed by atoms with Crippen molar-refractivity contribution in [2.75, 3.05) is 0 Å². The van der Waals surface area contributed by atoms with Crippen molar-refractivity contribution in [2.24, 2.45) is 0 Å². The number of ether oxygens (including phenoxy) is 2. The van der Waals surface area contributed by atoms with E-state index in [0.717, 1.165) is 0 Å². The third kappa shape index (κ3) is 3.27. The number of halogens is 2. The number of rotatable bonds is 4. The molecule has 1 N–H and O–H groups in total. The van der Waals surface area contributed by atoms with Gasteiger partial charge in [0.25, 0.3) is 6.26 Å². The van der Waals surface area contributed by atoms with Crippen molar-refractivity contribution < 1.29 is 14.6 Å². The van der Waals surface area contributed by atoms with Gasteiger partial charge < -0.3 is 14.6 Å². The predicted octanol–water partition coefficient (Wildman–Crippen LogP) is 4.14. The van der Waals surface area contributed by atoms with Gasteiger partial charge in [0.05, 0.1) is 15.6 Å². The fourth-order valence-corrected chi connectivity index (χ4v) is 2.03. The van der Waals surface area contributed by atoms with Crippen molar-refractivity contribution in [2.45, 2.75) is 6.61 Å². The smallest absolute Gasteiger partial charge is 0.292 e. The first-order valence-electron chi connectivity index (χ1n) is 5.56. The summed E-state index contributed by atoms with van der Waals surface area (Å²) in [6.45, 7) is 0.0845. The topological polar surface area (TPSA) is 62.5 Å². The zero-order valence-electron chi connectivity index (χ0n) is 10.1. The third-order valence-corrected chi connectivity index (χ3v) is 3.17. The van der Waals surface area contributed by atoms with Crippen LogP contribution in [0, 0.1) is 11.5 Å². The standard InChI is InChI=1S/C14H9Cl2NO3/c15-11-2-1-3-13(20-8-17)10(11)7-19-14-5-4-9(18)6-12(14)16/h1-6,18H,7H2. The molecular weight excluding hydrogens is 301 g/mol. The Hall–Kier alpha value is -2.09. The number of nitriles is 1. The molecule has 2 aromatic rings. The molecule has 0 atom stereocenters. The highest BCUT2D eigenvalue weighted by Crippen LogP contribution is 2.31. The van der Waals surface area contributed by atoms with Crippen LogP contribution in [0.5, 0.6) is 17.2 Å². The van der Waals surface area contributed by atoms with Crippen molar-refractivity contribution in [1.82, 2.24) is 0 Å². The lowest BCUT2D eigenvalue weighted by molar-refractivity contribution is 0.300. The Morgan fingerprint density at radius 1 is 1.10 bits per heavy atom. The SMILES string of the molecule is N#COc1cccc(Cl)c1COc1ccc(O)cc1Cl. The molecule has 0 aromatic heterocycles. The Balaban J connectivity index is 2.20. The molecule has 0 saturated carbocycles. The second kappa shape index (κ2) is 6.38. The molecule has 0 spiro atoms. The second-order valence-electron chi connectivity index (χ2n) is 3.81. The number of phenolic OH excluding ortho intramolecular Hbond substituents is 1. The summed E-state index contributed by atoms with van der Waals surface area (Å²) >= 11 is 12.0. The molecule has 0 aliphatic rings. The van der Waals surface area contributed by atoms with Crippen LogP contribution >= 0.6 is 23.2 Å². The molecular formula is C14H9Cl2NO3. The Morgan fingerprint density at radius 2 is 1.90 bits per heavy atom. The monoisotopic (exact) mass is 309 g/mol. The van der Waals surface area contributed by atoms with Crippen LogP contribution in [0.4, 0.5) is 0 Å². The highest BCUT2D eigenvalue weighted by molar-refractivity contribution is 6.32. The minimum atomic E-state index is 0.0496. The molecule has 0 radical (unpaired) electrons. The highest BCUT2D eigenvalue weighted by atomic mass is 35.5. The molecule has 4 nitrogen and oxygen atoms in total. The summed E-state index contributed by atoms with van der Waals surface area (Å²) in [5.74, 6) is 0.774. The molecule has 0 aliphatic heterocycles. The maximum atomic E-state index is 9.26. The van der Waals surface area contributed by atoms with E-state index in [2.05, 4.69) is 0 Å². The molecule has 0 heterocycles. The van der Waals surface area contributed by atoms with E-state index in [0.29, 0.717) is 22.1 Å². The number of hydrogen-bond acceptors (Lipinski definition) is 4. The van der Waals surface area contributed by atoms with E-state index in [4.69, 9.17) is 37.9 Å². The fraction of sp³-hybridized carbons (Fsp3) is 0.0714. The van der Waals surface area contributed by atoms with Crippen LogP contribution in [0.25, 0.3) is 0 Å². The van der Waals surface area contributed by atoms with Crippen molar-refractivity contribution in [3.63, 3.8) is 0 Å². The summed E-state index contributed by atoms with van der Waals surface area (Å²) in [5, 5.41) is 18.6. The number of phenols is 1. The molecule has 0 saturated heterocycles. The van der Waals surface area contributed by atoms with Gasteiger partial charge >= 0.3 is 0 Å². The molecule has 102 valence electrons. The summed E-state index contributed by atoms with van der Waals surface area (Å²) < 4.78 is 10.4. The van der Waals surface area contributed by atoms with Gasteiger partial charge in [0.2, 0.25) is 0 Å². The van der Waals surface area contributed by atoms with Gasteiger partial charge in [-0.25, -0.2) is 0 Å². The molecule has 2 rings (SSSR count). The summed E-state index contributed by atoms with van der Waals surface area (Å²) in [4.78, 5) is 0. The van der Waals surface area contributed by atoms with E-state index in [-0.39, 0.29) is 17.4 Å². The summed E-state index contributed by atoms with van der Waals surface area (Å²) in [6, 6.07) is 9.33. The maximum absolute atomic E-state index is 9.26. The van der Waals surface area contributed by atoms with E-state index in [9.17, 15) is 5.11 Å². The van der Waals surface area contributed by atoms with Crippen LogP contribution in [0.3, 0.4) is 0 Å². The normalized spacial score (nSPS) is 9.85. The molecule has 2 aromatic carbocycles. The first kappa shape index (κ1) is 14.3. The molecule has 20 heavy (non-hydrogen) atoms. The number of benzene rings is 2. The maximum Gasteiger partial charge on any atom is 0.292 e. The lowest BCUT2D eigenvalue weighted by atomic mass is 10.2.